The van der Waals surface area contributed by atoms with Gasteiger partial charge in [-0.25, -0.2) is 15.0 Å². The number of hydrogen-bond donors (Lipinski definition) is 1. The highest BCUT2D eigenvalue weighted by molar-refractivity contribution is 7.99. The number of thioether (sulfide) groups is 1. The maximum absolute atomic E-state index is 9.43. The summed E-state index contributed by atoms with van der Waals surface area (Å²) in [5.74, 6) is 4.33. The molecule has 3 aromatic rings. The first-order chi connectivity index (χ1) is 14.7. The van der Waals surface area contributed by atoms with Gasteiger partial charge in [0.2, 0.25) is 0 Å². The largest absolute Gasteiger partial charge is 0.371 e. The minimum Gasteiger partial charge on any atom is -0.371 e. The second kappa shape index (κ2) is 8.87. The fourth-order valence-corrected chi connectivity index (χ4v) is 3.97. The Morgan fingerprint density at radius 2 is 1.97 bits per heavy atom. The van der Waals surface area contributed by atoms with E-state index in [-0.39, 0.29) is 11.4 Å². The van der Waals surface area contributed by atoms with Crippen molar-refractivity contribution in [2.45, 2.75) is 6.92 Å². The third kappa shape index (κ3) is 3.95. The number of anilines is 2. The first kappa shape index (κ1) is 19.8. The zero-order valence-electron chi connectivity index (χ0n) is 16.6. The number of hydrogen-bond acceptors (Lipinski definition) is 10. The highest BCUT2D eigenvalue weighted by atomic mass is 32.2. The molecular formula is C19H20N10S. The van der Waals surface area contributed by atoms with Crippen LogP contribution in [0, 0.1) is 18.3 Å². The van der Waals surface area contributed by atoms with Crippen LogP contribution in [0.15, 0.2) is 41.0 Å². The number of nitriles is 1. The quantitative estimate of drug-likeness (QED) is 0.625. The van der Waals surface area contributed by atoms with Gasteiger partial charge < -0.3 is 10.2 Å². The van der Waals surface area contributed by atoms with Gasteiger partial charge in [0.1, 0.15) is 23.1 Å². The Kier molecular flexibility index (Phi) is 5.85. The summed E-state index contributed by atoms with van der Waals surface area (Å²) in [5, 5.41) is 25.5. The molecule has 11 heteroatoms. The average Bonchev–Trinajstić information content (AvgIpc) is 3.22. The topological polar surface area (TPSA) is 120 Å². The molecule has 30 heavy (non-hydrogen) atoms. The zero-order chi connectivity index (χ0) is 20.9. The van der Waals surface area contributed by atoms with Crippen LogP contribution in [0.5, 0.6) is 0 Å². The summed E-state index contributed by atoms with van der Waals surface area (Å²) in [4.78, 5) is 15.4. The summed E-state index contributed by atoms with van der Waals surface area (Å²) in [6.45, 7) is 3.92. The fraction of sp³-hybridized carbons (Fsp3) is 0.316. The van der Waals surface area contributed by atoms with Crippen molar-refractivity contribution in [3.63, 3.8) is 0 Å². The second-order valence-electron chi connectivity index (χ2n) is 6.50. The highest BCUT2D eigenvalue weighted by Crippen LogP contribution is 2.33. The maximum Gasteiger partial charge on any atom is 0.252 e. The average molecular weight is 421 g/mol. The molecule has 10 nitrogen and oxygen atoms in total. The molecule has 3 aromatic heterocycles. The molecule has 152 valence electrons. The SMILES string of the molecule is CNc1nc(N2CCSCC2)cc(C)c1N=Nc1c(C#N)cnn1-c1ncccn1. The van der Waals surface area contributed by atoms with E-state index in [0.717, 1.165) is 36.0 Å². The molecule has 4 rings (SSSR count). The number of nitrogens with zero attached hydrogens (tertiary/aromatic N) is 9. The lowest BCUT2D eigenvalue weighted by atomic mass is 10.2. The van der Waals surface area contributed by atoms with E-state index in [1.165, 1.54) is 10.9 Å². The first-order valence-electron chi connectivity index (χ1n) is 9.40. The van der Waals surface area contributed by atoms with Crippen molar-refractivity contribution in [2.75, 3.05) is 41.9 Å². The van der Waals surface area contributed by atoms with Gasteiger partial charge in [0, 0.05) is 44.0 Å². The Hall–Kier alpha value is -3.52. The molecule has 0 bridgehead atoms. The molecule has 0 spiro atoms. The second-order valence-corrected chi connectivity index (χ2v) is 7.72. The van der Waals surface area contributed by atoms with E-state index in [1.54, 1.807) is 25.5 Å². The van der Waals surface area contributed by atoms with Crippen LogP contribution >= 0.6 is 11.8 Å². The van der Waals surface area contributed by atoms with Gasteiger partial charge in [-0.05, 0) is 24.6 Å². The lowest BCUT2D eigenvalue weighted by Gasteiger charge is -2.28. The molecule has 1 fully saturated rings. The Bertz CT molecular complexity index is 1100. The van der Waals surface area contributed by atoms with E-state index >= 15 is 0 Å². The standard InChI is InChI=1S/C19H20N10S/c1-13-10-15(28-6-8-30-9-7-28)25-17(21-2)16(13)26-27-18-14(11-20)12-24-29(18)19-22-4-3-5-23-19/h3-5,10,12H,6-9H2,1-2H3,(H,21,25). The fourth-order valence-electron chi connectivity index (χ4n) is 3.06. The van der Waals surface area contributed by atoms with Crippen molar-refractivity contribution in [3.8, 4) is 12.0 Å². The molecule has 1 saturated heterocycles. The molecule has 1 aliphatic heterocycles. The van der Waals surface area contributed by atoms with Crippen LogP contribution in [0.2, 0.25) is 0 Å². The molecule has 0 radical (unpaired) electrons. The van der Waals surface area contributed by atoms with Crippen LogP contribution < -0.4 is 10.2 Å². The van der Waals surface area contributed by atoms with Gasteiger partial charge in [-0.1, -0.05) is 0 Å². The van der Waals surface area contributed by atoms with Crippen LogP contribution in [-0.2, 0) is 0 Å². The van der Waals surface area contributed by atoms with Crippen molar-refractivity contribution in [1.29, 1.82) is 5.26 Å². The van der Waals surface area contributed by atoms with Crippen molar-refractivity contribution in [1.82, 2.24) is 24.7 Å². The Balaban J connectivity index is 1.71. The van der Waals surface area contributed by atoms with Crippen molar-refractivity contribution < 1.29 is 0 Å². The minimum absolute atomic E-state index is 0.266. The van der Waals surface area contributed by atoms with Crippen molar-refractivity contribution >= 4 is 34.9 Å². The van der Waals surface area contributed by atoms with E-state index in [0.29, 0.717) is 17.5 Å². The van der Waals surface area contributed by atoms with Gasteiger partial charge in [-0.2, -0.15) is 26.8 Å². The smallest absolute Gasteiger partial charge is 0.252 e. The molecule has 0 aliphatic carbocycles. The summed E-state index contributed by atoms with van der Waals surface area (Å²) in [5.41, 5.74) is 1.83. The Labute approximate surface area is 178 Å². The van der Waals surface area contributed by atoms with Crippen molar-refractivity contribution in [3.05, 3.63) is 41.9 Å². The number of azo groups is 1. The predicted octanol–water partition coefficient (Wildman–Crippen LogP) is 3.25. The molecule has 0 saturated carbocycles. The monoisotopic (exact) mass is 420 g/mol. The number of rotatable bonds is 5. The third-order valence-corrected chi connectivity index (χ3v) is 5.53. The summed E-state index contributed by atoms with van der Waals surface area (Å²) < 4.78 is 1.39. The molecular weight excluding hydrogens is 400 g/mol. The summed E-state index contributed by atoms with van der Waals surface area (Å²) in [7, 11) is 1.80. The summed E-state index contributed by atoms with van der Waals surface area (Å²) in [6.07, 6.45) is 4.62. The lowest BCUT2D eigenvalue weighted by Crippen LogP contribution is -2.33. The molecule has 0 atom stereocenters. The summed E-state index contributed by atoms with van der Waals surface area (Å²) >= 11 is 1.96. The predicted molar refractivity (Wildman–Crippen MR) is 116 cm³/mol. The van der Waals surface area contributed by atoms with E-state index in [9.17, 15) is 5.26 Å². The normalized spacial score (nSPS) is 14.1. The van der Waals surface area contributed by atoms with E-state index in [4.69, 9.17) is 4.98 Å². The first-order valence-corrected chi connectivity index (χ1v) is 10.6. The minimum atomic E-state index is 0.266. The van der Waals surface area contributed by atoms with Crippen LogP contribution in [0.1, 0.15) is 11.1 Å². The van der Waals surface area contributed by atoms with E-state index in [2.05, 4.69) is 41.6 Å². The van der Waals surface area contributed by atoms with E-state index < -0.39 is 0 Å². The van der Waals surface area contributed by atoms with Gasteiger partial charge in [-0.3, -0.25) is 0 Å². The number of aromatic nitrogens is 5. The highest BCUT2D eigenvalue weighted by Gasteiger charge is 2.18. The van der Waals surface area contributed by atoms with Crippen LogP contribution in [-0.4, -0.2) is 56.4 Å². The molecule has 0 amide bonds. The zero-order valence-corrected chi connectivity index (χ0v) is 17.5. The van der Waals surface area contributed by atoms with Gasteiger partial charge >= 0.3 is 0 Å². The van der Waals surface area contributed by atoms with Gasteiger partial charge in [0.05, 0.1) is 6.20 Å². The molecule has 4 heterocycles. The van der Waals surface area contributed by atoms with Crippen molar-refractivity contribution in [2.24, 2.45) is 10.2 Å². The van der Waals surface area contributed by atoms with Crippen LogP contribution in [0.25, 0.3) is 5.95 Å². The van der Waals surface area contributed by atoms with Crippen LogP contribution in [0.3, 0.4) is 0 Å². The Morgan fingerprint density at radius 1 is 1.20 bits per heavy atom. The molecule has 1 N–H and O–H groups in total. The number of nitrogens with one attached hydrogen (secondary N) is 1. The number of aryl methyl sites for hydroxylation is 1. The maximum atomic E-state index is 9.43. The van der Waals surface area contributed by atoms with Gasteiger partial charge in [-0.15, -0.1) is 10.2 Å². The van der Waals surface area contributed by atoms with Gasteiger partial charge in [0.15, 0.2) is 11.6 Å². The number of pyridine rings is 1. The molecule has 0 unspecified atom stereocenters. The van der Waals surface area contributed by atoms with E-state index in [1.807, 2.05) is 24.8 Å². The lowest BCUT2D eigenvalue weighted by molar-refractivity contribution is 0.803. The third-order valence-electron chi connectivity index (χ3n) is 4.59. The molecule has 1 aliphatic rings. The Morgan fingerprint density at radius 3 is 2.67 bits per heavy atom. The molecule has 0 aromatic carbocycles. The summed E-state index contributed by atoms with van der Waals surface area (Å²) in [6, 6.07) is 5.81. The van der Waals surface area contributed by atoms with Crippen LogP contribution in [0.4, 0.5) is 23.1 Å². The van der Waals surface area contributed by atoms with Gasteiger partial charge in [0.25, 0.3) is 5.95 Å².